The number of alkyl halides is 3. The van der Waals surface area contributed by atoms with Gasteiger partial charge in [-0.05, 0) is 42.0 Å². The quantitative estimate of drug-likeness (QED) is 0.654. The van der Waals surface area contributed by atoms with Gasteiger partial charge in [0.25, 0.3) is 5.91 Å². The van der Waals surface area contributed by atoms with Gasteiger partial charge < -0.3 is 10.2 Å². The second-order valence-corrected chi connectivity index (χ2v) is 6.89. The van der Waals surface area contributed by atoms with E-state index >= 15 is 0 Å². The number of allylic oxidation sites excluding steroid dienone is 3. The zero-order chi connectivity index (χ0) is 21.5. The molecule has 0 radical (unpaired) electrons. The van der Waals surface area contributed by atoms with Crippen molar-refractivity contribution in [2.24, 2.45) is 0 Å². The van der Waals surface area contributed by atoms with Gasteiger partial charge in [-0.15, -0.1) is 0 Å². The van der Waals surface area contributed by atoms with Crippen molar-refractivity contribution in [1.29, 1.82) is 0 Å². The molecule has 0 fully saturated rings. The molecule has 0 aliphatic carbocycles. The van der Waals surface area contributed by atoms with Crippen molar-refractivity contribution in [3.05, 3.63) is 101 Å². The summed E-state index contributed by atoms with van der Waals surface area (Å²) < 4.78 is 69.7. The molecule has 2 aromatic rings. The SMILES string of the molecule is O=C(Nc1ccc(C2(C(F)(F)F)CC=C3C=CC=CN32)cc1)c1cccc(F)c1F. The van der Waals surface area contributed by atoms with Crippen LogP contribution in [0.3, 0.4) is 0 Å². The summed E-state index contributed by atoms with van der Waals surface area (Å²) in [5.41, 5.74) is -2.16. The number of nitrogens with one attached hydrogen (secondary N) is 1. The molecule has 2 aliphatic rings. The molecule has 8 heteroatoms. The largest absolute Gasteiger partial charge is 0.416 e. The minimum absolute atomic E-state index is 0.00358. The lowest BCUT2D eigenvalue weighted by molar-refractivity contribution is -0.219. The summed E-state index contributed by atoms with van der Waals surface area (Å²) in [6, 6.07) is 8.34. The van der Waals surface area contributed by atoms with Crippen LogP contribution in [-0.4, -0.2) is 17.0 Å². The van der Waals surface area contributed by atoms with Gasteiger partial charge in [0.2, 0.25) is 0 Å². The maximum Gasteiger partial charge on any atom is 0.416 e. The lowest BCUT2D eigenvalue weighted by Crippen LogP contribution is -2.50. The third kappa shape index (κ3) is 3.08. The summed E-state index contributed by atoms with van der Waals surface area (Å²) in [5, 5.41) is 2.37. The van der Waals surface area contributed by atoms with Crippen LogP contribution in [0.25, 0.3) is 0 Å². The molecule has 30 heavy (non-hydrogen) atoms. The van der Waals surface area contributed by atoms with Gasteiger partial charge in [0.05, 0.1) is 5.56 Å². The van der Waals surface area contributed by atoms with Crippen LogP contribution in [0.4, 0.5) is 27.6 Å². The average Bonchev–Trinajstić information content (AvgIpc) is 3.11. The van der Waals surface area contributed by atoms with Gasteiger partial charge in [0.1, 0.15) is 0 Å². The van der Waals surface area contributed by atoms with Crippen LogP contribution < -0.4 is 5.32 Å². The van der Waals surface area contributed by atoms with Crippen LogP contribution in [0.1, 0.15) is 22.3 Å². The molecular formula is C22H15F5N2O. The van der Waals surface area contributed by atoms with Crippen molar-refractivity contribution in [1.82, 2.24) is 4.90 Å². The molecule has 2 aliphatic heterocycles. The van der Waals surface area contributed by atoms with Crippen molar-refractivity contribution in [2.45, 2.75) is 18.1 Å². The highest BCUT2D eigenvalue weighted by atomic mass is 19.4. The predicted octanol–water partition coefficient (Wildman–Crippen LogP) is 5.65. The van der Waals surface area contributed by atoms with E-state index in [-0.39, 0.29) is 17.7 Å². The molecule has 2 aromatic carbocycles. The normalized spacial score (nSPS) is 20.2. The third-order valence-electron chi connectivity index (χ3n) is 5.19. The molecular weight excluding hydrogens is 403 g/mol. The molecule has 154 valence electrons. The van der Waals surface area contributed by atoms with E-state index in [1.54, 1.807) is 12.2 Å². The first-order valence-corrected chi connectivity index (χ1v) is 9.01. The number of hydrogen-bond donors (Lipinski definition) is 1. The Hall–Kier alpha value is -3.42. The third-order valence-corrected chi connectivity index (χ3v) is 5.19. The van der Waals surface area contributed by atoms with Crippen LogP contribution >= 0.6 is 0 Å². The number of amides is 1. The highest BCUT2D eigenvalue weighted by molar-refractivity contribution is 6.04. The van der Waals surface area contributed by atoms with Crippen LogP contribution in [0.2, 0.25) is 0 Å². The van der Waals surface area contributed by atoms with Gasteiger partial charge in [-0.25, -0.2) is 8.78 Å². The molecule has 1 amide bonds. The Kier molecular flexibility index (Phi) is 4.72. The lowest BCUT2D eigenvalue weighted by atomic mass is 9.86. The molecule has 1 unspecified atom stereocenters. The molecule has 0 saturated carbocycles. The predicted molar refractivity (Wildman–Crippen MR) is 101 cm³/mol. The highest BCUT2D eigenvalue weighted by Gasteiger charge is 2.61. The van der Waals surface area contributed by atoms with Gasteiger partial charge in [-0.1, -0.05) is 30.4 Å². The van der Waals surface area contributed by atoms with Gasteiger partial charge in [-0.3, -0.25) is 4.79 Å². The highest BCUT2D eigenvalue weighted by Crippen LogP contribution is 2.52. The second-order valence-electron chi connectivity index (χ2n) is 6.89. The Morgan fingerprint density at radius 2 is 1.77 bits per heavy atom. The molecule has 1 N–H and O–H groups in total. The van der Waals surface area contributed by atoms with Crippen molar-refractivity contribution >= 4 is 11.6 Å². The summed E-state index contributed by atoms with van der Waals surface area (Å²) in [5.74, 6) is -3.37. The van der Waals surface area contributed by atoms with E-state index in [2.05, 4.69) is 5.32 Å². The lowest BCUT2D eigenvalue weighted by Gasteiger charge is -2.41. The molecule has 1 atom stereocenters. The Morgan fingerprint density at radius 1 is 1.03 bits per heavy atom. The van der Waals surface area contributed by atoms with E-state index < -0.39 is 34.8 Å². The van der Waals surface area contributed by atoms with Crippen LogP contribution in [0.15, 0.2) is 78.7 Å². The number of rotatable bonds is 3. The molecule has 0 aromatic heterocycles. The molecule has 0 bridgehead atoms. The van der Waals surface area contributed by atoms with Gasteiger partial charge in [0, 0.05) is 24.0 Å². The standard InChI is InChI=1S/C22H15F5N2O/c23-18-6-3-5-17(19(18)24)20(30)28-15-9-7-14(8-10-15)21(22(25,26)27)12-11-16-4-1-2-13-29(16)21/h1-11,13H,12H2,(H,28,30). The topological polar surface area (TPSA) is 32.3 Å². The van der Waals surface area contributed by atoms with E-state index in [1.165, 1.54) is 53.6 Å². The van der Waals surface area contributed by atoms with E-state index in [1.807, 2.05) is 0 Å². The first kappa shape index (κ1) is 19.9. The first-order chi connectivity index (χ1) is 14.2. The maximum absolute atomic E-state index is 14.2. The van der Waals surface area contributed by atoms with E-state index in [4.69, 9.17) is 0 Å². The van der Waals surface area contributed by atoms with Crippen LogP contribution in [-0.2, 0) is 5.54 Å². The zero-order valence-electron chi connectivity index (χ0n) is 15.4. The fraction of sp³-hybridized carbons (Fsp3) is 0.136. The summed E-state index contributed by atoms with van der Waals surface area (Å²) in [4.78, 5) is 13.4. The monoisotopic (exact) mass is 418 g/mol. The smallest absolute Gasteiger partial charge is 0.329 e. The number of benzene rings is 2. The van der Waals surface area contributed by atoms with Crippen molar-refractivity contribution in [3.8, 4) is 0 Å². The average molecular weight is 418 g/mol. The number of nitrogens with zero attached hydrogens (tertiary/aromatic N) is 1. The Balaban J connectivity index is 1.62. The van der Waals surface area contributed by atoms with Crippen molar-refractivity contribution in [3.63, 3.8) is 0 Å². The fourth-order valence-electron chi connectivity index (χ4n) is 3.70. The van der Waals surface area contributed by atoms with Gasteiger partial charge in [0.15, 0.2) is 17.2 Å². The van der Waals surface area contributed by atoms with Gasteiger partial charge in [-0.2, -0.15) is 13.2 Å². The molecule has 2 heterocycles. The minimum atomic E-state index is -4.57. The second kappa shape index (κ2) is 7.12. The number of carbonyl (C=O) groups excluding carboxylic acids is 1. The Morgan fingerprint density at radius 3 is 2.47 bits per heavy atom. The summed E-state index contributed by atoms with van der Waals surface area (Å²) in [6.07, 6.45) is 2.88. The molecule has 0 saturated heterocycles. The maximum atomic E-state index is 14.2. The summed E-state index contributed by atoms with van der Waals surface area (Å²) in [6.45, 7) is 0. The Labute approximate surface area is 168 Å². The number of anilines is 1. The van der Waals surface area contributed by atoms with Crippen LogP contribution in [0.5, 0.6) is 0 Å². The number of halogens is 5. The number of fused-ring (bicyclic) bond motifs is 1. The molecule has 0 spiro atoms. The fourth-order valence-corrected chi connectivity index (χ4v) is 3.70. The first-order valence-electron chi connectivity index (χ1n) is 9.01. The summed E-state index contributed by atoms with van der Waals surface area (Å²) in [7, 11) is 0. The van der Waals surface area contributed by atoms with Crippen LogP contribution in [0, 0.1) is 11.6 Å². The van der Waals surface area contributed by atoms with E-state index in [0.29, 0.717) is 5.70 Å². The van der Waals surface area contributed by atoms with Gasteiger partial charge >= 0.3 is 6.18 Å². The zero-order valence-corrected chi connectivity index (χ0v) is 15.4. The molecule has 4 rings (SSSR count). The summed E-state index contributed by atoms with van der Waals surface area (Å²) >= 11 is 0. The molecule has 3 nitrogen and oxygen atoms in total. The Bertz CT molecular complexity index is 1090. The van der Waals surface area contributed by atoms with E-state index in [0.717, 1.165) is 12.1 Å². The van der Waals surface area contributed by atoms with Crippen molar-refractivity contribution < 1.29 is 26.7 Å². The number of hydrogen-bond acceptors (Lipinski definition) is 2. The van der Waals surface area contributed by atoms with E-state index in [9.17, 15) is 26.7 Å². The van der Waals surface area contributed by atoms with Crippen molar-refractivity contribution in [2.75, 3.05) is 5.32 Å². The number of carbonyl (C=O) groups is 1. The minimum Gasteiger partial charge on any atom is -0.329 e.